The lowest BCUT2D eigenvalue weighted by atomic mass is 9.53. The molecule has 0 aliphatic carbocycles. The van der Waals surface area contributed by atoms with Gasteiger partial charge in [0.15, 0.2) is 0 Å². The Morgan fingerprint density at radius 1 is 0.677 bits per heavy atom. The van der Waals surface area contributed by atoms with Crippen LogP contribution >= 0.6 is 0 Å². The highest BCUT2D eigenvalue weighted by molar-refractivity contribution is 6.87. The van der Waals surface area contributed by atoms with Gasteiger partial charge in [0.25, 0.3) is 0 Å². The van der Waals surface area contributed by atoms with Gasteiger partial charge < -0.3 is 13.8 Å². The second-order valence-corrected chi connectivity index (χ2v) is 13.9. The fourth-order valence-electron chi connectivity index (χ4n) is 3.81. The molecule has 4 aromatic rings. The molecule has 1 aromatic carbocycles. The van der Waals surface area contributed by atoms with Crippen LogP contribution in [0.5, 0.6) is 0 Å². The third-order valence-electron chi connectivity index (χ3n) is 5.27. The topological polar surface area (TPSA) is 53.5 Å². The van der Waals surface area contributed by atoms with E-state index in [1.807, 2.05) is 71.3 Å². The summed E-state index contributed by atoms with van der Waals surface area (Å²) in [7, 11) is -1.44. The van der Waals surface area contributed by atoms with Crippen molar-refractivity contribution < 1.29 is 0 Å². The van der Waals surface area contributed by atoms with Crippen LogP contribution in [-0.4, -0.2) is 43.7 Å². The molecular weight excluding hydrogens is 399 g/mol. The number of benzene rings is 1. The van der Waals surface area contributed by atoms with Gasteiger partial charge in [0, 0.05) is 5.56 Å². The van der Waals surface area contributed by atoms with Crippen molar-refractivity contribution >= 4 is 20.1 Å². The van der Waals surface area contributed by atoms with Crippen molar-refractivity contribution in [2.75, 3.05) is 0 Å². The highest BCUT2D eigenvalue weighted by atomic mass is 28.3. The van der Waals surface area contributed by atoms with Crippen molar-refractivity contribution in [2.24, 2.45) is 0 Å². The third kappa shape index (κ3) is 4.01. The molecule has 3 heterocycles. The van der Waals surface area contributed by atoms with Gasteiger partial charge in [0.1, 0.15) is 8.07 Å². The lowest BCUT2D eigenvalue weighted by molar-refractivity contribution is 0.732. The number of rotatable bonds is 4. The van der Waals surface area contributed by atoms with Crippen molar-refractivity contribution in [1.82, 2.24) is 29.1 Å². The molecule has 6 nitrogen and oxygen atoms in total. The molecule has 31 heavy (non-hydrogen) atoms. The first-order chi connectivity index (χ1) is 14.7. The van der Waals surface area contributed by atoms with Gasteiger partial charge in [-0.3, -0.25) is 0 Å². The molecule has 3 aromatic heterocycles. The Morgan fingerprint density at radius 2 is 1.10 bits per heavy atom. The van der Waals surface area contributed by atoms with E-state index < -0.39 is 14.6 Å². The van der Waals surface area contributed by atoms with Crippen LogP contribution in [0.15, 0.2) is 61.1 Å². The molecule has 0 amide bonds. The standard InChI is InChI=1S/C23H28BN6Si/c1-19-11-15-28(25-19)24(29-16-12-20(2)26-29,30-17-13-21(3)27-30)23-9-7-22(8-10-23)14-18-31(4,5)6/h7-13,15-17H,1-6H3/q-1. The quantitative estimate of drug-likeness (QED) is 0.371. The van der Waals surface area contributed by atoms with Crippen LogP contribution in [0, 0.1) is 32.2 Å². The maximum Gasteiger partial charge on any atom is 0.369 e. The summed E-state index contributed by atoms with van der Waals surface area (Å²) in [4.78, 5) is 0. The molecule has 0 atom stereocenters. The molecule has 0 radical (unpaired) electrons. The van der Waals surface area contributed by atoms with Crippen LogP contribution in [0.4, 0.5) is 0 Å². The van der Waals surface area contributed by atoms with Crippen molar-refractivity contribution in [3.8, 4) is 11.5 Å². The second kappa shape index (κ2) is 7.75. The van der Waals surface area contributed by atoms with Gasteiger partial charge in [-0.2, -0.15) is 0 Å². The summed E-state index contributed by atoms with van der Waals surface area (Å²) in [5, 5.41) is 14.5. The minimum Gasteiger partial charge on any atom is -0.396 e. The molecule has 8 heteroatoms. The number of aryl methyl sites for hydroxylation is 3. The van der Waals surface area contributed by atoms with Gasteiger partial charge in [0.05, 0.1) is 17.1 Å². The van der Waals surface area contributed by atoms with Gasteiger partial charge in [-0.05, 0) is 69.7 Å². The van der Waals surface area contributed by atoms with Gasteiger partial charge in [0.2, 0.25) is 0 Å². The smallest absolute Gasteiger partial charge is 0.369 e. The largest absolute Gasteiger partial charge is 0.396 e. The van der Waals surface area contributed by atoms with Crippen LogP contribution in [0.25, 0.3) is 0 Å². The van der Waals surface area contributed by atoms with Crippen LogP contribution in [-0.2, 0) is 0 Å². The Kier molecular flexibility index (Phi) is 5.23. The Hall–Kier alpha value is -3.31. The molecule has 0 aliphatic rings. The van der Waals surface area contributed by atoms with Gasteiger partial charge in [-0.25, -0.2) is 15.3 Å². The van der Waals surface area contributed by atoms with E-state index in [9.17, 15) is 0 Å². The summed E-state index contributed by atoms with van der Waals surface area (Å²) in [6.45, 7) is 10.9. The van der Waals surface area contributed by atoms with E-state index in [-0.39, 0.29) is 0 Å². The van der Waals surface area contributed by atoms with E-state index in [1.54, 1.807) is 0 Å². The van der Waals surface area contributed by atoms with E-state index in [2.05, 4.69) is 55.4 Å². The molecule has 158 valence electrons. The zero-order valence-electron chi connectivity index (χ0n) is 19.0. The average Bonchev–Trinajstić information content (AvgIpc) is 3.44. The molecule has 0 spiro atoms. The average molecular weight is 427 g/mol. The van der Waals surface area contributed by atoms with Crippen LogP contribution in [0.1, 0.15) is 22.6 Å². The number of hydrogen-bond donors (Lipinski definition) is 0. The first-order valence-electron chi connectivity index (χ1n) is 10.5. The molecule has 0 N–H and O–H groups in total. The van der Waals surface area contributed by atoms with Crippen molar-refractivity contribution in [3.05, 3.63) is 83.7 Å². The van der Waals surface area contributed by atoms with Crippen LogP contribution in [0.3, 0.4) is 0 Å². The minimum atomic E-state index is -1.83. The van der Waals surface area contributed by atoms with E-state index in [4.69, 9.17) is 15.3 Å². The lowest BCUT2D eigenvalue weighted by Crippen LogP contribution is -2.68. The van der Waals surface area contributed by atoms with E-state index in [0.29, 0.717) is 0 Å². The van der Waals surface area contributed by atoms with Gasteiger partial charge >= 0.3 is 6.55 Å². The molecule has 0 bridgehead atoms. The predicted octanol–water partition coefficient (Wildman–Crippen LogP) is 3.22. The summed E-state index contributed by atoms with van der Waals surface area (Å²) in [6, 6.07) is 14.5. The predicted molar refractivity (Wildman–Crippen MR) is 129 cm³/mol. The summed E-state index contributed by atoms with van der Waals surface area (Å²) < 4.78 is 5.95. The van der Waals surface area contributed by atoms with Gasteiger partial charge in [-0.1, -0.05) is 37.7 Å². The highest BCUT2D eigenvalue weighted by Crippen LogP contribution is 2.16. The first-order valence-corrected chi connectivity index (χ1v) is 14.0. The molecule has 0 fully saturated rings. The Bertz CT molecular complexity index is 1170. The van der Waals surface area contributed by atoms with Crippen molar-refractivity contribution in [2.45, 2.75) is 40.4 Å². The van der Waals surface area contributed by atoms with Crippen molar-refractivity contribution in [1.29, 1.82) is 0 Å². The maximum atomic E-state index is 4.82. The first kappa shape index (κ1) is 20.9. The summed E-state index contributed by atoms with van der Waals surface area (Å²) in [5.74, 6) is 3.35. The van der Waals surface area contributed by atoms with Gasteiger partial charge in [-0.15, -0.1) is 11.0 Å². The SMILES string of the molecule is Cc1ccn([B-](c2ccc(C#C[Si](C)(C)C)cc2)(n2ccc(C)n2)n2ccc(C)n2)n1. The molecule has 4 rings (SSSR count). The third-order valence-corrected chi connectivity index (χ3v) is 6.15. The Morgan fingerprint density at radius 3 is 1.42 bits per heavy atom. The number of nitrogens with zero attached hydrogens (tertiary/aromatic N) is 6. The fraction of sp³-hybridized carbons (Fsp3) is 0.261. The number of hydrogen-bond acceptors (Lipinski definition) is 3. The highest BCUT2D eigenvalue weighted by Gasteiger charge is 2.37. The fourth-order valence-corrected chi connectivity index (χ4v) is 4.33. The molecule has 0 saturated heterocycles. The summed E-state index contributed by atoms with van der Waals surface area (Å²) in [6.07, 6.45) is 6.01. The zero-order valence-corrected chi connectivity index (χ0v) is 20.0. The van der Waals surface area contributed by atoms with Crippen LogP contribution in [0.2, 0.25) is 19.6 Å². The van der Waals surface area contributed by atoms with Crippen molar-refractivity contribution in [3.63, 3.8) is 0 Å². The molecule has 0 unspecified atom stereocenters. The number of aromatic nitrogens is 6. The summed E-state index contributed by atoms with van der Waals surface area (Å²) in [5.41, 5.74) is 8.33. The monoisotopic (exact) mass is 427 g/mol. The molecule has 0 aliphatic heterocycles. The van der Waals surface area contributed by atoms with Crippen LogP contribution < -0.4 is 5.46 Å². The minimum absolute atomic E-state index is 0.941. The van der Waals surface area contributed by atoms with E-state index >= 15 is 0 Å². The maximum absolute atomic E-state index is 4.82. The second-order valence-electron chi connectivity index (χ2n) is 9.17. The lowest BCUT2D eigenvalue weighted by Gasteiger charge is -2.42. The zero-order chi connectivity index (χ0) is 22.2. The van der Waals surface area contributed by atoms with E-state index in [1.165, 1.54) is 0 Å². The Labute approximate surface area is 184 Å². The Balaban J connectivity index is 1.97. The normalized spacial score (nSPS) is 11.9. The van der Waals surface area contributed by atoms with E-state index in [0.717, 1.165) is 28.1 Å². The molecule has 0 saturated carbocycles. The molecular formula is C23H28BN6Si-. The summed E-state index contributed by atoms with van der Waals surface area (Å²) >= 11 is 0.